The van der Waals surface area contributed by atoms with Crippen LogP contribution < -0.4 is 0 Å². The van der Waals surface area contributed by atoms with Crippen LogP contribution >= 0.6 is 0 Å². The van der Waals surface area contributed by atoms with Crippen molar-refractivity contribution in [2.45, 2.75) is 11.7 Å². The minimum absolute atomic E-state index is 0.416. The topological polar surface area (TPSA) is 35.5 Å². The molecule has 1 aromatic rings. The van der Waals surface area contributed by atoms with E-state index in [9.17, 15) is 4.79 Å². The van der Waals surface area contributed by atoms with E-state index in [0.29, 0.717) is 0 Å². The Bertz CT molecular complexity index is 476. The molecular formula is C15H16O3. The lowest BCUT2D eigenvalue weighted by molar-refractivity contribution is -0.133. The van der Waals surface area contributed by atoms with E-state index in [1.807, 2.05) is 42.5 Å². The molecule has 0 radical (unpaired) electrons. The van der Waals surface area contributed by atoms with Gasteiger partial charge in [-0.15, -0.1) is 0 Å². The van der Waals surface area contributed by atoms with Crippen LogP contribution in [0, 0.1) is 0 Å². The zero-order valence-corrected chi connectivity index (χ0v) is 10.5. The number of aldehydes is 1. The second kappa shape index (κ2) is 5.29. The van der Waals surface area contributed by atoms with Crippen molar-refractivity contribution >= 4 is 11.9 Å². The molecule has 0 fully saturated rings. The van der Waals surface area contributed by atoms with E-state index in [0.717, 1.165) is 17.4 Å². The first-order chi connectivity index (χ1) is 8.75. The summed E-state index contributed by atoms with van der Waals surface area (Å²) in [5, 5.41) is 0. The first-order valence-electron chi connectivity index (χ1n) is 5.76. The summed E-state index contributed by atoms with van der Waals surface area (Å²) in [5.74, 6) is 0. The second-order valence-electron chi connectivity index (χ2n) is 4.15. The van der Waals surface area contributed by atoms with Crippen LogP contribution in [0.2, 0.25) is 0 Å². The molecule has 2 rings (SSSR count). The third-order valence-corrected chi connectivity index (χ3v) is 3.20. The zero-order valence-electron chi connectivity index (χ0n) is 10.5. The highest BCUT2D eigenvalue weighted by Crippen LogP contribution is 2.29. The minimum Gasteiger partial charge on any atom is -0.373 e. The van der Waals surface area contributed by atoms with Crippen LogP contribution in [-0.2, 0) is 14.3 Å². The largest absolute Gasteiger partial charge is 0.373 e. The minimum atomic E-state index is -1.02. The molecule has 0 bridgehead atoms. The van der Waals surface area contributed by atoms with Crippen molar-refractivity contribution in [3.8, 4) is 0 Å². The molecule has 1 aromatic carbocycles. The zero-order chi connectivity index (χ0) is 13.0. The number of benzene rings is 1. The molecule has 0 amide bonds. The summed E-state index contributed by atoms with van der Waals surface area (Å²) in [6.07, 6.45) is 5.91. The lowest BCUT2D eigenvalue weighted by atomic mass is 9.88. The molecule has 0 aromatic heterocycles. The maximum atomic E-state index is 11.2. The maximum absolute atomic E-state index is 11.2. The van der Waals surface area contributed by atoms with Crippen molar-refractivity contribution in [3.63, 3.8) is 0 Å². The van der Waals surface area contributed by atoms with E-state index in [1.54, 1.807) is 13.2 Å². The molecule has 0 saturated carbocycles. The summed E-state index contributed by atoms with van der Waals surface area (Å²) < 4.78 is 10.6. The summed E-state index contributed by atoms with van der Waals surface area (Å²) in [4.78, 5) is 11.2. The molecule has 3 nitrogen and oxygen atoms in total. The molecule has 0 heterocycles. The summed E-state index contributed by atoms with van der Waals surface area (Å²) >= 11 is 0. The number of carbonyl (C=O) groups is 1. The highest BCUT2D eigenvalue weighted by atomic mass is 16.5. The number of allylic oxidation sites excluding steroid dienone is 2. The first kappa shape index (κ1) is 12.7. The van der Waals surface area contributed by atoms with E-state index >= 15 is 0 Å². The fourth-order valence-electron chi connectivity index (χ4n) is 2.08. The van der Waals surface area contributed by atoms with Gasteiger partial charge in [0.25, 0.3) is 0 Å². The van der Waals surface area contributed by atoms with Gasteiger partial charge in [0.2, 0.25) is 0 Å². The molecule has 94 valence electrons. The Balaban J connectivity index is 2.36. The summed E-state index contributed by atoms with van der Waals surface area (Å²) in [5.41, 5.74) is 1.09. The van der Waals surface area contributed by atoms with Gasteiger partial charge in [-0.3, -0.25) is 4.79 Å². The van der Waals surface area contributed by atoms with Crippen LogP contribution in [0.5, 0.6) is 0 Å². The second-order valence-corrected chi connectivity index (χ2v) is 4.15. The third kappa shape index (κ3) is 2.15. The average molecular weight is 244 g/mol. The molecule has 1 aliphatic rings. The van der Waals surface area contributed by atoms with Gasteiger partial charge in [-0.25, -0.2) is 0 Å². The standard InChI is InChI=1S/C15H16O3/c1-17-14-10-13(12-6-4-3-5-7-12)8-9-15(14,11-16)18-2/h3-11,14H,1-2H3. The molecular weight excluding hydrogens is 228 g/mol. The highest BCUT2D eigenvalue weighted by Gasteiger charge is 2.38. The van der Waals surface area contributed by atoms with Crippen LogP contribution in [0.1, 0.15) is 5.56 Å². The van der Waals surface area contributed by atoms with Crippen molar-refractivity contribution in [2.24, 2.45) is 0 Å². The Morgan fingerprint density at radius 1 is 1.22 bits per heavy atom. The Hall–Kier alpha value is -1.71. The van der Waals surface area contributed by atoms with E-state index in [2.05, 4.69) is 0 Å². The molecule has 2 unspecified atom stereocenters. The third-order valence-electron chi connectivity index (χ3n) is 3.20. The quantitative estimate of drug-likeness (QED) is 0.762. The molecule has 2 atom stereocenters. The monoisotopic (exact) mass is 244 g/mol. The first-order valence-corrected chi connectivity index (χ1v) is 5.76. The molecule has 1 aliphatic carbocycles. The molecule has 0 N–H and O–H groups in total. The number of hydrogen-bond donors (Lipinski definition) is 0. The lowest BCUT2D eigenvalue weighted by Crippen LogP contribution is -2.45. The van der Waals surface area contributed by atoms with Gasteiger partial charge < -0.3 is 9.47 Å². The lowest BCUT2D eigenvalue weighted by Gasteiger charge is -2.32. The molecule has 0 aliphatic heterocycles. The Morgan fingerprint density at radius 2 is 1.94 bits per heavy atom. The van der Waals surface area contributed by atoms with Crippen LogP contribution in [0.15, 0.2) is 48.6 Å². The van der Waals surface area contributed by atoms with Gasteiger partial charge in [-0.05, 0) is 23.3 Å². The van der Waals surface area contributed by atoms with E-state index < -0.39 is 11.7 Å². The van der Waals surface area contributed by atoms with Gasteiger partial charge in [0, 0.05) is 14.2 Å². The summed E-state index contributed by atoms with van der Waals surface area (Å²) in [6.45, 7) is 0. The maximum Gasteiger partial charge on any atom is 0.171 e. The SMILES string of the molecule is COC1C=C(c2ccccc2)C=CC1(C=O)OC. The van der Waals surface area contributed by atoms with Crippen molar-refractivity contribution in [1.29, 1.82) is 0 Å². The predicted molar refractivity (Wildman–Crippen MR) is 70.2 cm³/mol. The van der Waals surface area contributed by atoms with Gasteiger partial charge >= 0.3 is 0 Å². The molecule has 0 saturated heterocycles. The molecule has 0 spiro atoms. The average Bonchev–Trinajstić information content (AvgIpc) is 2.47. The molecule has 18 heavy (non-hydrogen) atoms. The number of methoxy groups -OCH3 is 2. The van der Waals surface area contributed by atoms with Crippen LogP contribution in [0.4, 0.5) is 0 Å². The number of carbonyl (C=O) groups excluding carboxylic acids is 1. The van der Waals surface area contributed by atoms with Gasteiger partial charge in [0.15, 0.2) is 11.9 Å². The van der Waals surface area contributed by atoms with Crippen molar-refractivity contribution in [1.82, 2.24) is 0 Å². The van der Waals surface area contributed by atoms with Crippen LogP contribution in [0.25, 0.3) is 5.57 Å². The Morgan fingerprint density at radius 3 is 2.50 bits per heavy atom. The van der Waals surface area contributed by atoms with Gasteiger partial charge in [-0.1, -0.05) is 36.4 Å². The fraction of sp³-hybridized carbons (Fsp3) is 0.267. The number of ether oxygens (including phenoxy) is 2. The fourth-order valence-corrected chi connectivity index (χ4v) is 2.08. The van der Waals surface area contributed by atoms with E-state index in [1.165, 1.54) is 7.11 Å². The van der Waals surface area contributed by atoms with Gasteiger partial charge in [0.05, 0.1) is 0 Å². The van der Waals surface area contributed by atoms with Crippen molar-refractivity contribution in [2.75, 3.05) is 14.2 Å². The van der Waals surface area contributed by atoms with E-state index in [4.69, 9.17) is 9.47 Å². The van der Waals surface area contributed by atoms with Crippen molar-refractivity contribution in [3.05, 3.63) is 54.1 Å². The van der Waals surface area contributed by atoms with Crippen LogP contribution in [-0.4, -0.2) is 32.2 Å². The van der Waals surface area contributed by atoms with Crippen molar-refractivity contribution < 1.29 is 14.3 Å². The van der Waals surface area contributed by atoms with Gasteiger partial charge in [-0.2, -0.15) is 0 Å². The number of rotatable bonds is 4. The summed E-state index contributed by atoms with van der Waals surface area (Å²) in [7, 11) is 3.08. The summed E-state index contributed by atoms with van der Waals surface area (Å²) in [6, 6.07) is 9.95. The predicted octanol–water partition coefficient (Wildman–Crippen LogP) is 2.24. The smallest absolute Gasteiger partial charge is 0.171 e. The highest BCUT2D eigenvalue weighted by molar-refractivity contribution is 5.81. The molecule has 3 heteroatoms. The van der Waals surface area contributed by atoms with Gasteiger partial charge in [0.1, 0.15) is 6.10 Å². The normalized spacial score (nSPS) is 26.8. The Labute approximate surface area is 107 Å². The van der Waals surface area contributed by atoms with Crippen LogP contribution in [0.3, 0.4) is 0 Å². The Kier molecular flexibility index (Phi) is 3.75. The number of hydrogen-bond acceptors (Lipinski definition) is 3. The van der Waals surface area contributed by atoms with E-state index in [-0.39, 0.29) is 0 Å².